The second-order valence-electron chi connectivity index (χ2n) is 8.50. The van der Waals surface area contributed by atoms with Gasteiger partial charge in [-0.25, -0.2) is 8.42 Å². The van der Waals surface area contributed by atoms with Gasteiger partial charge in [-0.3, -0.25) is 5.04 Å². The largest absolute Gasteiger partial charge is 0.748 e. The van der Waals surface area contributed by atoms with Crippen molar-refractivity contribution in [3.05, 3.63) is 69.7 Å². The van der Waals surface area contributed by atoms with Gasteiger partial charge in [-0.15, -0.1) is 0 Å². The number of hydrogen-bond donors (Lipinski definition) is 0. The van der Waals surface area contributed by atoms with Crippen molar-refractivity contribution in [1.29, 1.82) is 0 Å². The number of hydrogen-bond acceptors (Lipinski definition) is 10. The first-order valence-corrected chi connectivity index (χ1v) is 16.2. The molecule has 2 heterocycles. The van der Waals surface area contributed by atoms with E-state index < -0.39 is 15.9 Å². The van der Waals surface area contributed by atoms with Crippen LogP contribution in [0.3, 0.4) is 0 Å². The number of aromatic nitrogens is 1. The summed E-state index contributed by atoms with van der Waals surface area (Å²) in [4.78, 5) is 3.25. The molecule has 8 nitrogen and oxygen atoms in total. The number of rotatable bonds is 11. The van der Waals surface area contributed by atoms with Crippen LogP contribution in [0, 0.1) is 0 Å². The van der Waals surface area contributed by atoms with E-state index in [9.17, 15) is 18.2 Å². The van der Waals surface area contributed by atoms with Gasteiger partial charge < -0.3 is 14.7 Å². The maximum atomic E-state index is 11.3. The van der Waals surface area contributed by atoms with E-state index in [0.29, 0.717) is 23.9 Å². The minimum atomic E-state index is -4.32. The number of anilines is 1. The lowest BCUT2D eigenvalue weighted by Gasteiger charge is -2.20. The van der Waals surface area contributed by atoms with Crippen molar-refractivity contribution < 1.29 is 32.2 Å². The minimum absolute atomic E-state index is 0.216. The van der Waals surface area contributed by atoms with Gasteiger partial charge in [0.2, 0.25) is 5.52 Å². The van der Waals surface area contributed by atoms with Gasteiger partial charge in [0.05, 0.1) is 32.3 Å². The fourth-order valence-corrected chi connectivity index (χ4v) is 7.78. The lowest BCUT2D eigenvalue weighted by molar-refractivity contribution is -0.777. The van der Waals surface area contributed by atoms with Crippen LogP contribution >= 0.6 is 46.7 Å². The number of aryl methyl sites for hydroxylation is 1. The Kier molecular flexibility index (Phi) is 8.82. The molecule has 0 radical (unpaired) electrons. The van der Waals surface area contributed by atoms with E-state index in [-0.39, 0.29) is 6.42 Å². The molecule has 0 atom stereocenters. The average molecular weight is 610 g/mol. The quantitative estimate of drug-likeness (QED) is 0.0573. The molecule has 4 aromatic rings. The molecular weight excluding hydrogens is 588 g/mol. The summed E-state index contributed by atoms with van der Waals surface area (Å²) in [5.74, 6) is 0.140. The van der Waals surface area contributed by atoms with Crippen molar-refractivity contribution in [3.63, 3.8) is 0 Å². The molecule has 13 heteroatoms. The molecule has 1 aliphatic heterocycles. The highest BCUT2D eigenvalue weighted by molar-refractivity contribution is 8.04. The zero-order chi connectivity index (χ0) is 26.7. The molecule has 0 aliphatic carbocycles. The van der Waals surface area contributed by atoms with Crippen LogP contribution in [-0.4, -0.2) is 31.0 Å². The molecule has 0 unspecified atom stereocenters. The van der Waals surface area contributed by atoms with Crippen LogP contribution in [-0.2, 0) is 26.0 Å². The number of benzene rings is 3. The van der Waals surface area contributed by atoms with Crippen molar-refractivity contribution in [2.24, 2.45) is 0 Å². The number of halogens is 1. The fourth-order valence-electron chi connectivity index (χ4n) is 4.46. The molecule has 1 aliphatic rings. The van der Waals surface area contributed by atoms with Crippen molar-refractivity contribution in [2.45, 2.75) is 24.3 Å². The first-order valence-electron chi connectivity index (χ1n) is 11.7. The van der Waals surface area contributed by atoms with Gasteiger partial charge in [-0.1, -0.05) is 59.0 Å². The Morgan fingerprint density at radius 1 is 1.13 bits per heavy atom. The lowest BCUT2D eigenvalue weighted by Crippen LogP contribution is -2.36. The molecule has 1 aromatic heterocycles. The Labute approximate surface area is 237 Å². The Balaban J connectivity index is 1.56. The molecule has 0 fully saturated rings. The fraction of sp³-hybridized carbons (Fsp3) is 0.240. The van der Waals surface area contributed by atoms with Gasteiger partial charge in [0.25, 0.3) is 5.01 Å². The number of thioether (sulfide) groups is 1. The van der Waals surface area contributed by atoms with E-state index in [1.165, 1.54) is 0 Å². The maximum Gasteiger partial charge on any atom is 0.265 e. The van der Waals surface area contributed by atoms with Crippen molar-refractivity contribution in [3.8, 4) is 0 Å². The third-order valence-electron chi connectivity index (χ3n) is 6.01. The van der Waals surface area contributed by atoms with Crippen LogP contribution in [0.4, 0.5) is 5.69 Å². The van der Waals surface area contributed by atoms with Crippen molar-refractivity contribution in [2.75, 3.05) is 23.0 Å². The summed E-state index contributed by atoms with van der Waals surface area (Å²) in [5, 5.41) is 18.2. The van der Waals surface area contributed by atoms with Gasteiger partial charge in [0.15, 0.2) is 6.54 Å². The van der Waals surface area contributed by atoms with Gasteiger partial charge in [-0.05, 0) is 42.1 Å². The summed E-state index contributed by atoms with van der Waals surface area (Å²) in [5.41, 5.74) is 2.01. The molecule has 0 amide bonds. The Hall–Kier alpha value is -1.87. The van der Waals surface area contributed by atoms with E-state index in [1.54, 1.807) is 23.1 Å². The third-order valence-corrected chi connectivity index (χ3v) is 9.85. The number of nitrogens with zero attached hydrogens (tertiary/aromatic N) is 2. The monoisotopic (exact) mass is 609 g/mol. The lowest BCUT2D eigenvalue weighted by atomic mass is 10.1. The van der Waals surface area contributed by atoms with Gasteiger partial charge >= 0.3 is 0 Å². The Bertz CT molecular complexity index is 1610. The number of fused-ring (bicyclic) bond motifs is 4. The molecule has 5 rings (SSSR count). The smallest absolute Gasteiger partial charge is 0.265 e. The summed E-state index contributed by atoms with van der Waals surface area (Å²) in [6, 6.07) is 18.0. The van der Waals surface area contributed by atoms with Crippen molar-refractivity contribution in [1.82, 2.24) is 0 Å². The predicted octanol–water partition coefficient (Wildman–Crippen LogP) is 5.10. The summed E-state index contributed by atoms with van der Waals surface area (Å²) in [6.45, 7) is 1.05. The highest BCUT2D eigenvalue weighted by Crippen LogP contribution is 2.48. The molecule has 0 bridgehead atoms. The van der Waals surface area contributed by atoms with Gasteiger partial charge in [0.1, 0.15) is 4.70 Å². The Morgan fingerprint density at radius 2 is 1.97 bits per heavy atom. The standard InChI is InChI=1S/C25H23ClN2O6S4/c26-18-8-10-21-20(15-18)27(11-3-13-35-34-33-29)23(36-21)16-24-28(12-4-14-38(30,31)32)25-19-6-2-1-5-17(19)7-9-22(25)37-24/h1-2,5-10,15-16H,3-4,11-14H2,(H-,29,30,31,32)/p-1. The zero-order valence-electron chi connectivity index (χ0n) is 19.9. The first-order chi connectivity index (χ1) is 18.3. The van der Waals surface area contributed by atoms with E-state index in [1.807, 2.05) is 36.4 Å². The predicted molar refractivity (Wildman–Crippen MR) is 151 cm³/mol. The molecular formula is C25H22ClN2O6S4-. The minimum Gasteiger partial charge on any atom is -0.748 e. The van der Waals surface area contributed by atoms with E-state index in [4.69, 9.17) is 11.6 Å². The summed E-state index contributed by atoms with van der Waals surface area (Å²) < 4.78 is 41.6. The normalized spacial score (nSPS) is 14.7. The topological polar surface area (TPSA) is 106 Å². The van der Waals surface area contributed by atoms with Crippen LogP contribution in [0.2, 0.25) is 5.02 Å². The molecule has 0 saturated carbocycles. The molecule has 38 heavy (non-hydrogen) atoms. The van der Waals surface area contributed by atoms with Crippen molar-refractivity contribution >= 4 is 89.6 Å². The SMILES string of the molecule is O=S(=O)([O-])CCC[n+]1c(/C=C2\Sc3ccc(Cl)cc3N2CCCSOO[O-])sc2ccc3ccccc3c21. The zero-order valence-corrected chi connectivity index (χ0v) is 23.9. The molecule has 0 saturated heterocycles. The van der Waals surface area contributed by atoms with E-state index in [2.05, 4.69) is 43.1 Å². The van der Waals surface area contributed by atoms with Crippen LogP contribution in [0.5, 0.6) is 0 Å². The van der Waals surface area contributed by atoms with E-state index in [0.717, 1.165) is 60.1 Å². The average Bonchev–Trinajstić information content (AvgIpc) is 3.40. The summed E-state index contributed by atoms with van der Waals surface area (Å²) >= 11 is 10.5. The van der Waals surface area contributed by atoms with Crippen LogP contribution in [0.1, 0.15) is 17.8 Å². The number of thiazole rings is 1. The highest BCUT2D eigenvalue weighted by atomic mass is 35.5. The van der Waals surface area contributed by atoms with E-state index >= 15 is 0 Å². The summed E-state index contributed by atoms with van der Waals surface area (Å²) in [7, 11) is -4.32. The second kappa shape index (κ2) is 12.1. The third kappa shape index (κ3) is 6.30. The highest BCUT2D eigenvalue weighted by Gasteiger charge is 2.28. The van der Waals surface area contributed by atoms with Gasteiger partial charge in [0, 0.05) is 46.4 Å². The van der Waals surface area contributed by atoms with Crippen LogP contribution in [0.25, 0.3) is 27.1 Å². The van der Waals surface area contributed by atoms with Gasteiger partial charge in [-0.2, -0.15) is 8.90 Å². The Morgan fingerprint density at radius 3 is 2.79 bits per heavy atom. The van der Waals surface area contributed by atoms with Crippen LogP contribution < -0.4 is 14.7 Å². The second-order valence-corrected chi connectivity index (χ2v) is 13.4. The molecule has 200 valence electrons. The van der Waals surface area contributed by atoms with Crippen LogP contribution in [0.15, 0.2) is 64.5 Å². The molecule has 0 spiro atoms. The molecule has 0 N–H and O–H groups in total. The molecule has 3 aromatic carbocycles. The first kappa shape index (κ1) is 27.7. The maximum absolute atomic E-state index is 11.3. The summed E-state index contributed by atoms with van der Waals surface area (Å²) in [6.07, 6.45) is 3.04.